The van der Waals surface area contributed by atoms with E-state index < -0.39 is 0 Å². The van der Waals surface area contributed by atoms with Gasteiger partial charge in [-0.15, -0.1) is 0 Å². The Balaban J connectivity index is 1.77. The van der Waals surface area contributed by atoms with E-state index in [4.69, 9.17) is 9.47 Å². The number of carbonyl (C=O) groups is 1. The summed E-state index contributed by atoms with van der Waals surface area (Å²) < 4.78 is 26.7. The van der Waals surface area contributed by atoms with E-state index in [2.05, 4.69) is 28.2 Å². The second-order valence-corrected chi connectivity index (χ2v) is 9.41. The standard InChI is InChI=1S/C30H34FN3O3/c1-33(2)14-13-32-30(35)18-27(22-15-24(36-3)17-25(16-22)37-4)28-20-34(29-8-6-5-7-26(28)29)19-21-9-11-23(31)12-10-21/h5-12,15-17,20,27H,13-14,18-19H2,1-4H3,(H,32,35). The summed E-state index contributed by atoms with van der Waals surface area (Å²) in [5.41, 5.74) is 4.02. The second kappa shape index (κ2) is 11.9. The van der Waals surface area contributed by atoms with E-state index in [0.717, 1.165) is 34.1 Å². The molecule has 37 heavy (non-hydrogen) atoms. The third-order valence-corrected chi connectivity index (χ3v) is 6.51. The molecule has 1 amide bonds. The molecule has 7 heteroatoms. The van der Waals surface area contributed by atoms with Crippen molar-refractivity contribution < 1.29 is 18.7 Å². The molecule has 0 saturated carbocycles. The number of para-hydroxylation sites is 1. The van der Waals surface area contributed by atoms with Crippen LogP contribution in [0.2, 0.25) is 0 Å². The van der Waals surface area contributed by atoms with Gasteiger partial charge in [0.15, 0.2) is 0 Å². The van der Waals surface area contributed by atoms with Gasteiger partial charge in [0.05, 0.1) is 14.2 Å². The average molecular weight is 504 g/mol. The smallest absolute Gasteiger partial charge is 0.220 e. The molecule has 1 heterocycles. The van der Waals surface area contributed by atoms with Crippen molar-refractivity contribution >= 4 is 16.8 Å². The summed E-state index contributed by atoms with van der Waals surface area (Å²) in [7, 11) is 7.20. The summed E-state index contributed by atoms with van der Waals surface area (Å²) in [6.45, 7) is 1.93. The van der Waals surface area contributed by atoms with Gasteiger partial charge in [-0.2, -0.15) is 0 Å². The van der Waals surface area contributed by atoms with Crippen LogP contribution >= 0.6 is 0 Å². The second-order valence-electron chi connectivity index (χ2n) is 9.41. The van der Waals surface area contributed by atoms with Crippen molar-refractivity contribution in [1.82, 2.24) is 14.8 Å². The van der Waals surface area contributed by atoms with Gasteiger partial charge in [0.25, 0.3) is 0 Å². The minimum Gasteiger partial charge on any atom is -0.497 e. The molecule has 0 aliphatic carbocycles. The normalized spacial score (nSPS) is 12.1. The average Bonchev–Trinajstić information content (AvgIpc) is 3.26. The van der Waals surface area contributed by atoms with E-state index in [-0.39, 0.29) is 24.1 Å². The third kappa shape index (κ3) is 6.49. The fourth-order valence-corrected chi connectivity index (χ4v) is 4.58. The lowest BCUT2D eigenvalue weighted by molar-refractivity contribution is -0.121. The van der Waals surface area contributed by atoms with E-state index in [1.165, 1.54) is 12.1 Å². The first-order valence-electron chi connectivity index (χ1n) is 12.3. The third-order valence-electron chi connectivity index (χ3n) is 6.51. The van der Waals surface area contributed by atoms with E-state index in [0.29, 0.717) is 24.6 Å². The molecule has 6 nitrogen and oxygen atoms in total. The van der Waals surface area contributed by atoms with Gasteiger partial charge in [-0.3, -0.25) is 4.79 Å². The molecule has 3 aromatic carbocycles. The number of carbonyl (C=O) groups excluding carboxylic acids is 1. The lowest BCUT2D eigenvalue weighted by Crippen LogP contribution is -2.32. The summed E-state index contributed by atoms with van der Waals surface area (Å²) in [6.07, 6.45) is 2.38. The van der Waals surface area contributed by atoms with Crippen molar-refractivity contribution in [3.8, 4) is 11.5 Å². The number of halogens is 1. The fraction of sp³-hybridized carbons (Fsp3) is 0.300. The minimum atomic E-state index is -0.255. The van der Waals surface area contributed by atoms with Crippen LogP contribution in [0.3, 0.4) is 0 Å². The maximum atomic E-state index is 13.5. The monoisotopic (exact) mass is 503 g/mol. The van der Waals surface area contributed by atoms with E-state index in [1.54, 1.807) is 26.4 Å². The molecule has 0 aliphatic rings. The Kier molecular flexibility index (Phi) is 8.46. The Morgan fingerprint density at radius 3 is 2.32 bits per heavy atom. The van der Waals surface area contributed by atoms with E-state index >= 15 is 0 Å². The van der Waals surface area contributed by atoms with Crippen LogP contribution in [0.4, 0.5) is 4.39 Å². The SMILES string of the molecule is COc1cc(OC)cc(C(CC(=O)NCCN(C)C)c2cn(Cc3ccc(F)cc3)c3ccccc23)c1. The molecule has 1 unspecified atom stereocenters. The Hall–Kier alpha value is -3.84. The van der Waals surface area contributed by atoms with Crippen LogP contribution < -0.4 is 14.8 Å². The summed E-state index contributed by atoms with van der Waals surface area (Å²) in [4.78, 5) is 15.2. The molecule has 0 bridgehead atoms. The van der Waals surface area contributed by atoms with Gasteiger partial charge in [-0.1, -0.05) is 30.3 Å². The van der Waals surface area contributed by atoms with Crippen LogP contribution in [0.15, 0.2) is 72.9 Å². The number of nitrogens with one attached hydrogen (secondary N) is 1. The van der Waals surface area contributed by atoms with Gasteiger partial charge in [0, 0.05) is 55.1 Å². The van der Waals surface area contributed by atoms with E-state index in [9.17, 15) is 9.18 Å². The first-order valence-corrected chi connectivity index (χ1v) is 12.3. The van der Waals surface area contributed by atoms with Crippen LogP contribution in [-0.2, 0) is 11.3 Å². The first-order chi connectivity index (χ1) is 17.9. The van der Waals surface area contributed by atoms with Crippen LogP contribution in [0.5, 0.6) is 11.5 Å². The summed E-state index contributed by atoms with van der Waals surface area (Å²) in [6, 6.07) is 20.5. The first kappa shape index (κ1) is 26.2. The number of methoxy groups -OCH3 is 2. The Morgan fingerprint density at radius 2 is 1.68 bits per heavy atom. The zero-order chi connectivity index (χ0) is 26.4. The highest BCUT2D eigenvalue weighted by Gasteiger charge is 2.24. The molecule has 1 aromatic heterocycles. The molecule has 4 rings (SSSR count). The molecular weight excluding hydrogens is 469 g/mol. The van der Waals surface area contributed by atoms with Gasteiger partial charge in [0.1, 0.15) is 17.3 Å². The zero-order valence-corrected chi connectivity index (χ0v) is 21.8. The van der Waals surface area contributed by atoms with Gasteiger partial charge in [0.2, 0.25) is 5.91 Å². The highest BCUT2D eigenvalue weighted by atomic mass is 19.1. The predicted octanol–water partition coefficient (Wildman–Crippen LogP) is 5.05. The molecule has 0 fully saturated rings. The Morgan fingerprint density at radius 1 is 1.00 bits per heavy atom. The Bertz CT molecular complexity index is 1330. The van der Waals surface area contributed by atoms with Crippen molar-refractivity contribution in [3.63, 3.8) is 0 Å². The molecule has 4 aromatic rings. The lowest BCUT2D eigenvalue weighted by Gasteiger charge is -2.19. The maximum absolute atomic E-state index is 13.5. The molecule has 194 valence electrons. The Labute approximate surface area is 217 Å². The number of ether oxygens (including phenoxy) is 2. The number of benzene rings is 3. The number of likely N-dealkylation sites (N-methyl/N-ethyl adjacent to an activating group) is 1. The number of amides is 1. The van der Waals surface area contributed by atoms with Crippen molar-refractivity contribution in [2.75, 3.05) is 41.4 Å². The van der Waals surface area contributed by atoms with Crippen molar-refractivity contribution in [2.24, 2.45) is 0 Å². The van der Waals surface area contributed by atoms with Crippen LogP contribution in [0.1, 0.15) is 29.0 Å². The number of nitrogens with zero attached hydrogens (tertiary/aromatic N) is 2. The lowest BCUT2D eigenvalue weighted by atomic mass is 9.87. The number of fused-ring (bicyclic) bond motifs is 1. The number of hydrogen-bond acceptors (Lipinski definition) is 4. The molecule has 1 atom stereocenters. The largest absolute Gasteiger partial charge is 0.497 e. The van der Waals surface area contributed by atoms with Gasteiger partial charge in [-0.25, -0.2) is 4.39 Å². The zero-order valence-electron chi connectivity index (χ0n) is 21.8. The molecule has 1 N–H and O–H groups in total. The quantitative estimate of drug-likeness (QED) is 0.311. The highest BCUT2D eigenvalue weighted by molar-refractivity contribution is 5.87. The predicted molar refractivity (Wildman–Crippen MR) is 145 cm³/mol. The van der Waals surface area contributed by atoms with Crippen LogP contribution in [-0.4, -0.2) is 56.8 Å². The summed E-state index contributed by atoms with van der Waals surface area (Å²) in [5, 5.41) is 4.12. The highest BCUT2D eigenvalue weighted by Crippen LogP contribution is 2.38. The van der Waals surface area contributed by atoms with Crippen LogP contribution in [0, 0.1) is 5.82 Å². The topological polar surface area (TPSA) is 55.7 Å². The number of rotatable bonds is 11. The number of hydrogen-bond donors (Lipinski definition) is 1. The summed E-state index contributed by atoms with van der Waals surface area (Å²) >= 11 is 0. The molecule has 0 aliphatic heterocycles. The molecular formula is C30H34FN3O3. The van der Waals surface area contributed by atoms with Crippen LogP contribution in [0.25, 0.3) is 10.9 Å². The molecule has 0 saturated heterocycles. The van der Waals surface area contributed by atoms with Gasteiger partial charge in [-0.05, 0) is 61.1 Å². The molecule has 0 radical (unpaired) electrons. The summed E-state index contributed by atoms with van der Waals surface area (Å²) in [5.74, 6) is 0.825. The fourth-order valence-electron chi connectivity index (χ4n) is 4.58. The van der Waals surface area contributed by atoms with E-state index in [1.807, 2.05) is 49.3 Å². The van der Waals surface area contributed by atoms with Crippen molar-refractivity contribution in [3.05, 3.63) is 95.4 Å². The van der Waals surface area contributed by atoms with Gasteiger partial charge >= 0.3 is 0 Å². The van der Waals surface area contributed by atoms with Crippen molar-refractivity contribution in [2.45, 2.75) is 18.9 Å². The maximum Gasteiger partial charge on any atom is 0.220 e. The number of aromatic nitrogens is 1. The van der Waals surface area contributed by atoms with Gasteiger partial charge < -0.3 is 24.3 Å². The molecule has 0 spiro atoms. The van der Waals surface area contributed by atoms with Crippen molar-refractivity contribution in [1.29, 1.82) is 0 Å². The minimum absolute atomic E-state index is 0.0241.